The van der Waals surface area contributed by atoms with Crippen LogP contribution in [0.5, 0.6) is 0 Å². The fourth-order valence-corrected chi connectivity index (χ4v) is 6.79. The summed E-state index contributed by atoms with van der Waals surface area (Å²) in [4.78, 5) is 12.7. The second kappa shape index (κ2) is 6.85. The maximum Gasteiger partial charge on any atom is 0.222 e. The van der Waals surface area contributed by atoms with Crippen LogP contribution in [-0.4, -0.2) is 21.7 Å². The zero-order chi connectivity index (χ0) is 18.5. The van der Waals surface area contributed by atoms with Crippen molar-refractivity contribution in [1.29, 1.82) is 0 Å². The molecule has 4 nitrogen and oxygen atoms in total. The molecule has 0 aromatic carbocycles. The Morgan fingerprint density at radius 3 is 2.27 bits per heavy atom. The molecule has 144 valence electrons. The number of amides is 1. The first-order chi connectivity index (χ1) is 12.4. The Labute approximate surface area is 162 Å². The highest BCUT2D eigenvalue weighted by molar-refractivity contribution is 6.31. The SMILES string of the molecule is CCC(NC(=O)CCn1nc(C)c(Cl)c1C)C12CC3CC(CC(C3)C1)C2. The van der Waals surface area contributed by atoms with Gasteiger partial charge in [-0.05, 0) is 82.0 Å². The maximum absolute atomic E-state index is 12.7. The quantitative estimate of drug-likeness (QED) is 0.783. The van der Waals surface area contributed by atoms with Crippen LogP contribution in [0.1, 0.15) is 69.7 Å². The van der Waals surface area contributed by atoms with E-state index in [2.05, 4.69) is 17.3 Å². The molecule has 1 heterocycles. The minimum atomic E-state index is 0.163. The van der Waals surface area contributed by atoms with Gasteiger partial charge in [0.1, 0.15) is 0 Å². The summed E-state index contributed by atoms with van der Waals surface area (Å²) in [7, 11) is 0. The van der Waals surface area contributed by atoms with Crippen molar-refractivity contribution in [2.75, 3.05) is 0 Å². The topological polar surface area (TPSA) is 46.9 Å². The van der Waals surface area contributed by atoms with Crippen molar-refractivity contribution < 1.29 is 4.79 Å². The molecular formula is C21H32ClN3O. The molecule has 0 saturated heterocycles. The summed E-state index contributed by atoms with van der Waals surface area (Å²) in [5.41, 5.74) is 2.16. The molecule has 0 radical (unpaired) electrons. The van der Waals surface area contributed by atoms with E-state index in [9.17, 15) is 4.79 Å². The van der Waals surface area contributed by atoms with E-state index in [1.165, 1.54) is 38.5 Å². The Morgan fingerprint density at radius 1 is 1.23 bits per heavy atom. The maximum atomic E-state index is 12.7. The molecule has 0 spiro atoms. The minimum absolute atomic E-state index is 0.163. The van der Waals surface area contributed by atoms with Gasteiger partial charge in [-0.25, -0.2) is 0 Å². The number of aryl methyl sites for hydroxylation is 2. The summed E-state index contributed by atoms with van der Waals surface area (Å²) in [6, 6.07) is 0.340. The van der Waals surface area contributed by atoms with E-state index >= 15 is 0 Å². The molecule has 5 rings (SSSR count). The van der Waals surface area contributed by atoms with E-state index < -0.39 is 0 Å². The molecule has 1 atom stereocenters. The third-order valence-electron chi connectivity index (χ3n) is 7.41. The summed E-state index contributed by atoms with van der Waals surface area (Å²) >= 11 is 6.21. The molecule has 4 aliphatic carbocycles. The van der Waals surface area contributed by atoms with Crippen LogP contribution in [0.15, 0.2) is 0 Å². The lowest BCUT2D eigenvalue weighted by Gasteiger charge is -2.59. The smallest absolute Gasteiger partial charge is 0.222 e. The highest BCUT2D eigenvalue weighted by Gasteiger charge is 2.53. The van der Waals surface area contributed by atoms with E-state index in [-0.39, 0.29) is 5.91 Å². The van der Waals surface area contributed by atoms with Gasteiger partial charge in [0, 0.05) is 12.5 Å². The second-order valence-electron chi connectivity index (χ2n) is 9.27. The molecule has 4 bridgehead atoms. The summed E-state index contributed by atoms with van der Waals surface area (Å²) in [6.45, 7) is 6.71. The Bertz CT molecular complexity index is 660. The van der Waals surface area contributed by atoms with Gasteiger partial charge in [-0.2, -0.15) is 5.10 Å². The van der Waals surface area contributed by atoms with Crippen molar-refractivity contribution in [3.05, 3.63) is 16.4 Å². The first kappa shape index (κ1) is 18.3. The molecule has 1 aromatic rings. The highest BCUT2D eigenvalue weighted by Crippen LogP contribution is 2.61. The summed E-state index contributed by atoms with van der Waals surface area (Å²) in [6.07, 6.45) is 9.87. The van der Waals surface area contributed by atoms with Crippen LogP contribution >= 0.6 is 11.6 Å². The second-order valence-corrected chi connectivity index (χ2v) is 9.64. The first-order valence-electron chi connectivity index (χ1n) is 10.4. The lowest BCUT2D eigenvalue weighted by atomic mass is 9.47. The summed E-state index contributed by atoms with van der Waals surface area (Å²) in [5, 5.41) is 8.58. The van der Waals surface area contributed by atoms with Crippen LogP contribution in [0.2, 0.25) is 5.02 Å². The largest absolute Gasteiger partial charge is 0.353 e. The van der Waals surface area contributed by atoms with Crippen LogP contribution in [-0.2, 0) is 11.3 Å². The average Bonchev–Trinajstić information content (AvgIpc) is 2.83. The molecule has 1 unspecified atom stereocenters. The van der Waals surface area contributed by atoms with Gasteiger partial charge < -0.3 is 5.32 Å². The Hall–Kier alpha value is -1.03. The van der Waals surface area contributed by atoms with Crippen molar-refractivity contribution >= 4 is 17.5 Å². The predicted octanol–water partition coefficient (Wildman–Crippen LogP) is 4.65. The molecule has 4 fully saturated rings. The van der Waals surface area contributed by atoms with Crippen molar-refractivity contribution in [3.8, 4) is 0 Å². The predicted molar refractivity (Wildman–Crippen MR) is 104 cm³/mol. The van der Waals surface area contributed by atoms with Gasteiger partial charge in [0.2, 0.25) is 5.91 Å². The van der Waals surface area contributed by atoms with Gasteiger partial charge in [0.25, 0.3) is 0 Å². The fraction of sp³-hybridized carbons (Fsp3) is 0.810. The molecule has 1 aromatic heterocycles. The first-order valence-corrected chi connectivity index (χ1v) is 10.8. The van der Waals surface area contributed by atoms with Crippen LogP contribution in [0.3, 0.4) is 0 Å². The molecule has 1 amide bonds. The van der Waals surface area contributed by atoms with E-state index in [0.29, 0.717) is 29.4 Å². The van der Waals surface area contributed by atoms with Gasteiger partial charge >= 0.3 is 0 Å². The fourth-order valence-electron chi connectivity index (χ4n) is 6.66. The van der Waals surface area contributed by atoms with Crippen LogP contribution in [0.25, 0.3) is 0 Å². The average molecular weight is 378 g/mol. The number of aromatic nitrogens is 2. The normalized spacial score (nSPS) is 33.5. The van der Waals surface area contributed by atoms with Crippen LogP contribution in [0.4, 0.5) is 0 Å². The molecule has 26 heavy (non-hydrogen) atoms. The van der Waals surface area contributed by atoms with E-state index in [1.54, 1.807) is 0 Å². The van der Waals surface area contributed by atoms with Crippen molar-refractivity contribution in [2.24, 2.45) is 23.2 Å². The van der Waals surface area contributed by atoms with Crippen molar-refractivity contribution in [2.45, 2.75) is 84.7 Å². The molecule has 1 N–H and O–H groups in total. The summed E-state index contributed by atoms with van der Waals surface area (Å²) < 4.78 is 1.86. The number of carbonyl (C=O) groups is 1. The molecule has 4 saturated carbocycles. The lowest BCUT2D eigenvalue weighted by molar-refractivity contribution is -0.126. The highest BCUT2D eigenvalue weighted by atomic mass is 35.5. The van der Waals surface area contributed by atoms with Crippen LogP contribution < -0.4 is 5.32 Å². The molecule has 0 aliphatic heterocycles. The number of nitrogens with one attached hydrogen (secondary N) is 1. The Kier molecular flexibility index (Phi) is 4.83. The van der Waals surface area contributed by atoms with Gasteiger partial charge in [-0.15, -0.1) is 0 Å². The molecule has 4 aliphatic rings. The van der Waals surface area contributed by atoms with Gasteiger partial charge in [0.15, 0.2) is 0 Å². The Balaban J connectivity index is 1.39. The molecular weight excluding hydrogens is 346 g/mol. The summed E-state index contributed by atoms with van der Waals surface area (Å²) in [5.74, 6) is 2.92. The van der Waals surface area contributed by atoms with Gasteiger partial charge in [-0.1, -0.05) is 18.5 Å². The minimum Gasteiger partial charge on any atom is -0.353 e. The zero-order valence-electron chi connectivity index (χ0n) is 16.4. The van der Waals surface area contributed by atoms with Crippen molar-refractivity contribution in [3.63, 3.8) is 0 Å². The lowest BCUT2D eigenvalue weighted by Crippen LogP contribution is -2.56. The third kappa shape index (κ3) is 3.19. The van der Waals surface area contributed by atoms with E-state index in [0.717, 1.165) is 35.6 Å². The number of carbonyl (C=O) groups excluding carboxylic acids is 1. The standard InChI is InChI=1S/C21H32ClN3O/c1-4-18(21-10-15-7-16(11-21)9-17(8-15)12-21)23-19(26)5-6-25-14(3)20(22)13(2)24-25/h15-18H,4-12H2,1-3H3,(H,23,26). The van der Waals surface area contributed by atoms with Crippen LogP contribution in [0, 0.1) is 37.0 Å². The Morgan fingerprint density at radius 2 is 1.81 bits per heavy atom. The zero-order valence-corrected chi connectivity index (χ0v) is 17.1. The third-order valence-corrected chi connectivity index (χ3v) is 7.96. The van der Waals surface area contributed by atoms with Gasteiger partial charge in [-0.3, -0.25) is 9.48 Å². The number of nitrogens with zero attached hydrogens (tertiary/aromatic N) is 2. The number of hydrogen-bond acceptors (Lipinski definition) is 2. The number of hydrogen-bond donors (Lipinski definition) is 1. The molecule has 5 heteroatoms. The number of rotatable bonds is 6. The van der Waals surface area contributed by atoms with E-state index in [4.69, 9.17) is 11.6 Å². The van der Waals surface area contributed by atoms with Crippen molar-refractivity contribution in [1.82, 2.24) is 15.1 Å². The monoisotopic (exact) mass is 377 g/mol. The number of halogens is 1. The van der Waals surface area contributed by atoms with E-state index in [1.807, 2.05) is 18.5 Å². The van der Waals surface area contributed by atoms with Gasteiger partial charge in [0.05, 0.1) is 23.0 Å².